The van der Waals surface area contributed by atoms with E-state index in [-0.39, 0.29) is 23.2 Å². The lowest BCUT2D eigenvalue weighted by molar-refractivity contribution is -0.0641. The van der Waals surface area contributed by atoms with E-state index in [2.05, 4.69) is 0 Å². The van der Waals surface area contributed by atoms with E-state index in [9.17, 15) is 17.6 Å². The number of sulfone groups is 1. The summed E-state index contributed by atoms with van der Waals surface area (Å²) in [5, 5.41) is 8.99. The minimum atomic E-state index is -3.60. The molecule has 0 bridgehead atoms. The lowest BCUT2D eigenvalue weighted by Gasteiger charge is -2.35. The van der Waals surface area contributed by atoms with Crippen molar-refractivity contribution in [1.82, 2.24) is 4.90 Å². The second kappa shape index (κ2) is 8.65. The third-order valence-corrected chi connectivity index (χ3v) is 6.45. The Morgan fingerprint density at radius 2 is 1.64 bits per heavy atom. The number of nitrogens with zero attached hydrogens (tertiary/aromatic N) is 1. The van der Waals surface area contributed by atoms with E-state index >= 15 is 0 Å². The first-order valence-electron chi connectivity index (χ1n) is 9.52. The van der Waals surface area contributed by atoms with Crippen LogP contribution in [0.25, 0.3) is 0 Å². The van der Waals surface area contributed by atoms with Crippen LogP contribution in [0.3, 0.4) is 0 Å². The van der Waals surface area contributed by atoms with Crippen molar-refractivity contribution >= 4 is 15.9 Å². The summed E-state index contributed by atoms with van der Waals surface area (Å²) in [6.07, 6.45) is 4.89. The minimum Gasteiger partial charge on any atom is -0.490 e. The fourth-order valence-corrected chi connectivity index (χ4v) is 4.52. The molecule has 28 heavy (non-hydrogen) atoms. The lowest BCUT2D eigenvalue weighted by atomic mass is 9.94. The number of carboxylic acid groups (broad SMARTS) is 1. The number of halogens is 1. The Balaban J connectivity index is 1.45. The molecule has 1 aromatic rings. The number of carbonyl (C=O) groups is 1. The molecule has 0 spiro atoms. The molecule has 1 saturated heterocycles. The predicted molar refractivity (Wildman–Crippen MR) is 99.9 cm³/mol. The second-order valence-electron chi connectivity index (χ2n) is 7.49. The Morgan fingerprint density at radius 1 is 1.07 bits per heavy atom. The number of likely N-dealkylation sites (tertiary alicyclic amines) is 1. The average Bonchev–Trinajstić information content (AvgIpc) is 2.63. The highest BCUT2D eigenvalue weighted by Gasteiger charge is 2.28. The smallest absolute Gasteiger partial charge is 0.407 e. The van der Waals surface area contributed by atoms with Crippen molar-refractivity contribution in [1.29, 1.82) is 0 Å². The molecule has 0 radical (unpaired) electrons. The fraction of sp³-hybridized carbons (Fsp3) is 0.632. The maximum absolute atomic E-state index is 14.0. The molecule has 0 atom stereocenters. The highest BCUT2D eigenvalue weighted by molar-refractivity contribution is 7.90. The monoisotopic (exact) mass is 415 g/mol. The van der Waals surface area contributed by atoms with Gasteiger partial charge in [0.1, 0.15) is 16.5 Å². The van der Waals surface area contributed by atoms with Gasteiger partial charge in [0, 0.05) is 25.4 Å². The number of ether oxygens (including phenoxy) is 2. The van der Waals surface area contributed by atoms with Gasteiger partial charge >= 0.3 is 6.09 Å². The first-order chi connectivity index (χ1) is 13.2. The van der Waals surface area contributed by atoms with Crippen LogP contribution in [-0.4, -0.2) is 62.2 Å². The summed E-state index contributed by atoms with van der Waals surface area (Å²) in [7, 11) is -3.60. The van der Waals surface area contributed by atoms with Crippen molar-refractivity contribution in [2.75, 3.05) is 19.3 Å². The van der Waals surface area contributed by atoms with Crippen molar-refractivity contribution in [3.63, 3.8) is 0 Å². The molecule has 1 heterocycles. The molecule has 2 fully saturated rings. The fourth-order valence-electron chi connectivity index (χ4n) is 3.79. The van der Waals surface area contributed by atoms with Gasteiger partial charge in [-0.05, 0) is 50.7 Å². The maximum atomic E-state index is 14.0. The van der Waals surface area contributed by atoms with Crippen molar-refractivity contribution < 1.29 is 32.2 Å². The normalized spacial score (nSPS) is 24.1. The van der Waals surface area contributed by atoms with Gasteiger partial charge in [0.25, 0.3) is 0 Å². The van der Waals surface area contributed by atoms with E-state index in [0.717, 1.165) is 38.0 Å². The van der Waals surface area contributed by atoms with Crippen LogP contribution >= 0.6 is 0 Å². The Hall–Kier alpha value is -1.87. The molecule has 7 nitrogen and oxygen atoms in total. The van der Waals surface area contributed by atoms with Crippen LogP contribution in [0.15, 0.2) is 23.1 Å². The SMILES string of the molecule is CS(=O)(=O)c1ccc(OC2CCC(OC3CCN(C(=O)O)CC3)CC2)cc1F. The van der Waals surface area contributed by atoms with Gasteiger partial charge in [-0.3, -0.25) is 0 Å². The highest BCUT2D eigenvalue weighted by Crippen LogP contribution is 2.29. The van der Waals surface area contributed by atoms with E-state index in [1.807, 2.05) is 0 Å². The number of amides is 1. The zero-order chi connectivity index (χ0) is 20.3. The molecule has 2 aliphatic rings. The highest BCUT2D eigenvalue weighted by atomic mass is 32.2. The molecule has 0 unspecified atom stereocenters. The zero-order valence-corrected chi connectivity index (χ0v) is 16.7. The van der Waals surface area contributed by atoms with E-state index in [1.165, 1.54) is 17.0 Å². The summed E-state index contributed by atoms with van der Waals surface area (Å²) in [6.45, 7) is 1.01. The van der Waals surface area contributed by atoms with Crippen LogP contribution in [0.1, 0.15) is 38.5 Å². The maximum Gasteiger partial charge on any atom is 0.407 e. The Kier molecular flexibility index (Phi) is 6.44. The summed E-state index contributed by atoms with van der Waals surface area (Å²) in [5.74, 6) is -0.472. The van der Waals surface area contributed by atoms with Crippen LogP contribution < -0.4 is 4.74 Å². The summed E-state index contributed by atoms with van der Waals surface area (Å²) in [5.41, 5.74) is 0. The van der Waals surface area contributed by atoms with Crippen LogP contribution in [0.5, 0.6) is 5.75 Å². The van der Waals surface area contributed by atoms with Gasteiger partial charge in [0.15, 0.2) is 9.84 Å². The Labute approximate surface area is 164 Å². The summed E-state index contributed by atoms with van der Waals surface area (Å²) in [4.78, 5) is 12.0. The molecule has 1 aliphatic carbocycles. The van der Waals surface area contributed by atoms with Gasteiger partial charge in [-0.15, -0.1) is 0 Å². The van der Waals surface area contributed by atoms with Crippen LogP contribution in [0.2, 0.25) is 0 Å². The quantitative estimate of drug-likeness (QED) is 0.794. The largest absolute Gasteiger partial charge is 0.490 e. The van der Waals surface area contributed by atoms with Crippen molar-refractivity contribution in [3.05, 3.63) is 24.0 Å². The molecule has 1 aliphatic heterocycles. The van der Waals surface area contributed by atoms with Crippen molar-refractivity contribution in [3.8, 4) is 5.75 Å². The van der Waals surface area contributed by atoms with Crippen LogP contribution in [0.4, 0.5) is 9.18 Å². The minimum absolute atomic E-state index is 0.0582. The van der Waals surface area contributed by atoms with Gasteiger partial charge in [-0.25, -0.2) is 17.6 Å². The van der Waals surface area contributed by atoms with Crippen molar-refractivity contribution in [2.24, 2.45) is 0 Å². The summed E-state index contributed by atoms with van der Waals surface area (Å²) < 4.78 is 48.9. The Morgan fingerprint density at radius 3 is 2.18 bits per heavy atom. The van der Waals surface area contributed by atoms with E-state index < -0.39 is 21.7 Å². The van der Waals surface area contributed by atoms with Gasteiger partial charge in [0.05, 0.1) is 18.3 Å². The first kappa shape index (κ1) is 20.9. The number of hydrogen-bond donors (Lipinski definition) is 1. The molecule has 1 saturated carbocycles. The van der Waals surface area contributed by atoms with Crippen molar-refractivity contribution in [2.45, 2.75) is 61.7 Å². The van der Waals surface area contributed by atoms with E-state index in [0.29, 0.717) is 31.7 Å². The summed E-state index contributed by atoms with van der Waals surface area (Å²) in [6, 6.07) is 3.84. The van der Waals surface area contributed by atoms with Gasteiger partial charge in [-0.1, -0.05) is 0 Å². The molecule has 3 rings (SSSR count). The van der Waals surface area contributed by atoms with Gasteiger partial charge in [-0.2, -0.15) is 0 Å². The second-order valence-corrected chi connectivity index (χ2v) is 9.47. The molecule has 9 heteroatoms. The predicted octanol–water partition coefficient (Wildman–Crippen LogP) is 3.08. The molecule has 1 amide bonds. The number of hydrogen-bond acceptors (Lipinski definition) is 5. The first-order valence-corrected chi connectivity index (χ1v) is 11.4. The molecule has 1 N–H and O–H groups in total. The molecule has 156 valence electrons. The standard InChI is InChI=1S/C19H26FNO6S/c1-28(24,25)18-7-6-16(12-17(18)20)27-14-4-2-13(3-5-14)26-15-8-10-21(11-9-15)19(22)23/h6-7,12-15H,2-5,8-11H2,1H3,(H,22,23). The Bertz CT molecular complexity index is 799. The number of benzene rings is 1. The molecule has 1 aromatic carbocycles. The van der Waals surface area contributed by atoms with Crippen LogP contribution in [0, 0.1) is 5.82 Å². The lowest BCUT2D eigenvalue weighted by Crippen LogP contribution is -2.41. The molecular weight excluding hydrogens is 389 g/mol. The zero-order valence-electron chi connectivity index (χ0n) is 15.8. The summed E-state index contributed by atoms with van der Waals surface area (Å²) >= 11 is 0. The topological polar surface area (TPSA) is 93.1 Å². The van der Waals surface area contributed by atoms with E-state index in [1.54, 1.807) is 0 Å². The third kappa shape index (κ3) is 5.35. The van der Waals surface area contributed by atoms with Gasteiger partial charge in [0.2, 0.25) is 0 Å². The average molecular weight is 415 g/mol. The number of rotatable bonds is 5. The van der Waals surface area contributed by atoms with E-state index in [4.69, 9.17) is 14.6 Å². The third-order valence-electron chi connectivity index (χ3n) is 5.32. The molecule has 0 aromatic heterocycles. The molecular formula is C19H26FNO6S. The van der Waals surface area contributed by atoms with Crippen LogP contribution in [-0.2, 0) is 14.6 Å². The van der Waals surface area contributed by atoms with Gasteiger partial charge < -0.3 is 19.5 Å². The number of piperidine rings is 1.